The second kappa shape index (κ2) is 11.6. The minimum atomic E-state index is -0.565. The Bertz CT molecular complexity index is 854. The third-order valence-electron chi connectivity index (χ3n) is 4.86. The fourth-order valence-electron chi connectivity index (χ4n) is 3.22. The topological polar surface area (TPSA) is 58.6 Å². The second-order valence-electron chi connectivity index (χ2n) is 7.70. The molecule has 1 N–H and O–H groups in total. The zero-order valence-electron chi connectivity index (χ0n) is 18.2. The van der Waals surface area contributed by atoms with Gasteiger partial charge in [-0.3, -0.25) is 9.59 Å². The Morgan fingerprint density at radius 2 is 1.87 bits per heavy atom. The van der Waals surface area contributed by atoms with Gasteiger partial charge in [-0.05, 0) is 41.7 Å². The Kier molecular flexibility index (Phi) is 9.18. The fraction of sp³-hybridized carbons (Fsp3) is 0.417. The van der Waals surface area contributed by atoms with Crippen LogP contribution < -0.4 is 10.1 Å². The van der Waals surface area contributed by atoms with Crippen LogP contribution in [0.2, 0.25) is 5.02 Å². The molecule has 0 aromatic heterocycles. The van der Waals surface area contributed by atoms with Crippen molar-refractivity contribution in [3.05, 3.63) is 64.7 Å². The van der Waals surface area contributed by atoms with E-state index in [0.717, 1.165) is 11.1 Å². The molecule has 2 rings (SSSR count). The Balaban J connectivity index is 2.30. The lowest BCUT2D eigenvalue weighted by molar-refractivity contribution is -0.141. The molecule has 0 radical (unpaired) electrons. The summed E-state index contributed by atoms with van der Waals surface area (Å²) in [7, 11) is 1.60. The quantitative estimate of drug-likeness (QED) is 0.605. The molecule has 2 aromatic rings. The Morgan fingerprint density at radius 3 is 2.50 bits per heavy atom. The molecule has 0 aliphatic heterocycles. The van der Waals surface area contributed by atoms with Gasteiger partial charge in [0.25, 0.3) is 0 Å². The number of carbonyl (C=O) groups excluding carboxylic acids is 2. The molecule has 0 aliphatic carbocycles. The van der Waals surface area contributed by atoms with Gasteiger partial charge in [-0.25, -0.2) is 0 Å². The summed E-state index contributed by atoms with van der Waals surface area (Å²) >= 11 is 6.27. The molecule has 0 aliphatic rings. The first-order valence-corrected chi connectivity index (χ1v) is 10.7. The molecule has 1 atom stereocenters. The van der Waals surface area contributed by atoms with Crippen molar-refractivity contribution in [2.24, 2.45) is 5.92 Å². The first-order valence-electron chi connectivity index (χ1n) is 10.3. The highest BCUT2D eigenvalue weighted by atomic mass is 35.5. The lowest BCUT2D eigenvalue weighted by atomic mass is 10.1. The summed E-state index contributed by atoms with van der Waals surface area (Å²) in [6, 6.07) is 14.3. The minimum absolute atomic E-state index is 0.137. The number of hydrogen-bond acceptors (Lipinski definition) is 3. The summed E-state index contributed by atoms with van der Waals surface area (Å²) in [5.41, 5.74) is 1.65. The molecular weight excluding hydrogens is 400 g/mol. The summed E-state index contributed by atoms with van der Waals surface area (Å²) in [6.07, 6.45) is 0.653. The van der Waals surface area contributed by atoms with Gasteiger partial charge in [0.1, 0.15) is 11.8 Å². The number of amides is 2. The largest absolute Gasteiger partial charge is 0.497 e. The van der Waals surface area contributed by atoms with E-state index in [1.807, 2.05) is 63.2 Å². The second-order valence-corrected chi connectivity index (χ2v) is 8.11. The van der Waals surface area contributed by atoms with Gasteiger partial charge in [-0.1, -0.05) is 62.7 Å². The molecule has 0 fully saturated rings. The van der Waals surface area contributed by atoms with Crippen LogP contribution in [0.3, 0.4) is 0 Å². The molecule has 2 aromatic carbocycles. The molecule has 162 valence electrons. The standard InChI is InChI=1S/C24H31ClN2O3/c1-5-22(24(29)26-15-17(2)3)27(16-18-9-8-11-20(13-18)30-4)23(28)14-19-10-6-7-12-21(19)25/h6-13,17,22H,5,14-16H2,1-4H3,(H,26,29)/t22-/m1/s1. The maximum atomic E-state index is 13.3. The predicted octanol–water partition coefficient (Wildman–Crippen LogP) is 4.47. The predicted molar refractivity (Wildman–Crippen MR) is 121 cm³/mol. The van der Waals surface area contributed by atoms with Gasteiger partial charge in [-0.15, -0.1) is 0 Å². The van der Waals surface area contributed by atoms with Crippen molar-refractivity contribution >= 4 is 23.4 Å². The van der Waals surface area contributed by atoms with Crippen LogP contribution in [0.1, 0.15) is 38.3 Å². The van der Waals surface area contributed by atoms with E-state index in [0.29, 0.717) is 36.2 Å². The summed E-state index contributed by atoms with van der Waals surface area (Å²) in [5, 5.41) is 3.51. The highest BCUT2D eigenvalue weighted by molar-refractivity contribution is 6.31. The number of halogens is 1. The van der Waals surface area contributed by atoms with Crippen molar-refractivity contribution in [1.82, 2.24) is 10.2 Å². The zero-order chi connectivity index (χ0) is 22.1. The fourth-order valence-corrected chi connectivity index (χ4v) is 3.42. The van der Waals surface area contributed by atoms with Gasteiger partial charge < -0.3 is 15.0 Å². The van der Waals surface area contributed by atoms with E-state index in [9.17, 15) is 9.59 Å². The van der Waals surface area contributed by atoms with E-state index in [1.54, 1.807) is 18.1 Å². The lowest BCUT2D eigenvalue weighted by Crippen LogP contribution is -2.50. The van der Waals surface area contributed by atoms with E-state index in [2.05, 4.69) is 5.32 Å². The van der Waals surface area contributed by atoms with E-state index < -0.39 is 6.04 Å². The molecule has 6 heteroatoms. The van der Waals surface area contributed by atoms with Crippen molar-refractivity contribution in [2.45, 2.75) is 46.2 Å². The monoisotopic (exact) mass is 430 g/mol. The molecule has 0 heterocycles. The lowest BCUT2D eigenvalue weighted by Gasteiger charge is -2.31. The van der Waals surface area contributed by atoms with Crippen LogP contribution in [0, 0.1) is 5.92 Å². The van der Waals surface area contributed by atoms with Crippen LogP contribution in [0.5, 0.6) is 5.75 Å². The average Bonchev–Trinajstić information content (AvgIpc) is 2.73. The van der Waals surface area contributed by atoms with Crippen molar-refractivity contribution in [1.29, 1.82) is 0 Å². The zero-order valence-corrected chi connectivity index (χ0v) is 18.9. The van der Waals surface area contributed by atoms with Gasteiger partial charge in [0.15, 0.2) is 0 Å². The van der Waals surface area contributed by atoms with Crippen LogP contribution in [0.25, 0.3) is 0 Å². The Morgan fingerprint density at radius 1 is 1.13 bits per heavy atom. The van der Waals surface area contributed by atoms with Crippen molar-refractivity contribution in [2.75, 3.05) is 13.7 Å². The molecule has 5 nitrogen and oxygen atoms in total. The van der Waals surface area contributed by atoms with E-state index in [1.165, 1.54) is 0 Å². The van der Waals surface area contributed by atoms with Crippen molar-refractivity contribution < 1.29 is 14.3 Å². The highest BCUT2D eigenvalue weighted by Gasteiger charge is 2.29. The van der Waals surface area contributed by atoms with Crippen molar-refractivity contribution in [3.63, 3.8) is 0 Å². The third-order valence-corrected chi connectivity index (χ3v) is 5.23. The number of nitrogens with zero attached hydrogens (tertiary/aromatic N) is 1. The maximum absolute atomic E-state index is 13.3. The summed E-state index contributed by atoms with van der Waals surface area (Å²) in [5.74, 6) is 0.763. The summed E-state index contributed by atoms with van der Waals surface area (Å²) < 4.78 is 5.31. The maximum Gasteiger partial charge on any atom is 0.242 e. The van der Waals surface area contributed by atoms with Crippen LogP contribution in [-0.4, -0.2) is 36.4 Å². The van der Waals surface area contributed by atoms with Crippen molar-refractivity contribution in [3.8, 4) is 5.75 Å². The number of nitrogens with one attached hydrogen (secondary N) is 1. The van der Waals surface area contributed by atoms with E-state index in [-0.39, 0.29) is 18.2 Å². The molecule has 0 spiro atoms. The highest BCUT2D eigenvalue weighted by Crippen LogP contribution is 2.21. The van der Waals surface area contributed by atoms with Crippen LogP contribution in [0.15, 0.2) is 48.5 Å². The summed E-state index contributed by atoms with van der Waals surface area (Å²) in [6.45, 7) is 6.88. The SMILES string of the molecule is CC[C@H](C(=O)NCC(C)C)N(Cc1cccc(OC)c1)C(=O)Cc1ccccc1Cl. The molecule has 2 amide bonds. The third kappa shape index (κ3) is 6.77. The Hall–Kier alpha value is -2.53. The molecular formula is C24H31ClN2O3. The molecule has 0 bridgehead atoms. The number of methoxy groups -OCH3 is 1. The minimum Gasteiger partial charge on any atom is -0.497 e. The van der Waals surface area contributed by atoms with Gasteiger partial charge >= 0.3 is 0 Å². The number of benzene rings is 2. The summed E-state index contributed by atoms with van der Waals surface area (Å²) in [4.78, 5) is 27.9. The first-order chi connectivity index (χ1) is 14.3. The molecule has 30 heavy (non-hydrogen) atoms. The van der Waals surface area contributed by atoms with Gasteiger partial charge in [0.05, 0.1) is 13.5 Å². The Labute approximate surface area is 184 Å². The number of rotatable bonds is 10. The number of ether oxygens (including phenoxy) is 1. The van der Waals surface area contributed by atoms with Gasteiger partial charge in [0, 0.05) is 18.1 Å². The van der Waals surface area contributed by atoms with Gasteiger partial charge in [0.2, 0.25) is 11.8 Å². The number of hydrogen-bond donors (Lipinski definition) is 1. The molecule has 0 saturated carbocycles. The molecule has 0 saturated heterocycles. The van der Waals surface area contributed by atoms with Crippen LogP contribution >= 0.6 is 11.6 Å². The van der Waals surface area contributed by atoms with Gasteiger partial charge in [-0.2, -0.15) is 0 Å². The average molecular weight is 431 g/mol. The number of carbonyl (C=O) groups is 2. The van der Waals surface area contributed by atoms with E-state index >= 15 is 0 Å². The van der Waals surface area contributed by atoms with Crippen LogP contribution in [-0.2, 0) is 22.6 Å². The smallest absolute Gasteiger partial charge is 0.242 e. The normalized spacial score (nSPS) is 11.8. The van der Waals surface area contributed by atoms with E-state index in [4.69, 9.17) is 16.3 Å². The van der Waals surface area contributed by atoms with Crippen LogP contribution in [0.4, 0.5) is 0 Å². The first kappa shape index (κ1) is 23.7. The molecule has 0 unspecified atom stereocenters.